The van der Waals surface area contributed by atoms with E-state index in [-0.39, 0.29) is 29.4 Å². The van der Waals surface area contributed by atoms with Gasteiger partial charge in [-0.15, -0.1) is 6.58 Å². The van der Waals surface area contributed by atoms with Gasteiger partial charge in [-0.05, 0) is 51.2 Å². The Kier molecular flexibility index (Phi) is 7.04. The lowest BCUT2D eigenvalue weighted by molar-refractivity contribution is 0.313. The number of fused-ring (bicyclic) bond motifs is 1. The van der Waals surface area contributed by atoms with Crippen molar-refractivity contribution >= 4 is 34.0 Å². The van der Waals surface area contributed by atoms with Gasteiger partial charge >= 0.3 is 0 Å². The maximum absolute atomic E-state index is 13.3. The number of hydrogen-bond acceptors (Lipinski definition) is 7. The number of pyridine rings is 1. The van der Waals surface area contributed by atoms with Crippen LogP contribution in [-0.4, -0.2) is 62.0 Å². The molecule has 1 aromatic carbocycles. The molecule has 1 fully saturated rings. The molecular formula is C28H31N9O2. The van der Waals surface area contributed by atoms with Crippen molar-refractivity contribution in [2.45, 2.75) is 26.4 Å². The van der Waals surface area contributed by atoms with Crippen LogP contribution < -0.4 is 21.3 Å². The van der Waals surface area contributed by atoms with Crippen molar-refractivity contribution in [1.29, 1.82) is 0 Å². The molecule has 0 aliphatic carbocycles. The average molecular weight is 526 g/mol. The summed E-state index contributed by atoms with van der Waals surface area (Å²) in [6.07, 6.45) is 4.75. The molecule has 0 saturated carbocycles. The van der Waals surface area contributed by atoms with E-state index < -0.39 is 0 Å². The molecule has 11 heteroatoms. The Morgan fingerprint density at radius 1 is 1.10 bits per heavy atom. The molecule has 11 nitrogen and oxygen atoms in total. The first-order chi connectivity index (χ1) is 18.8. The Bertz CT molecular complexity index is 1680. The highest BCUT2D eigenvalue weighted by atomic mass is 16.1. The van der Waals surface area contributed by atoms with Gasteiger partial charge in [-0.3, -0.25) is 9.59 Å². The van der Waals surface area contributed by atoms with Gasteiger partial charge in [0.05, 0.1) is 18.8 Å². The van der Waals surface area contributed by atoms with E-state index in [0.29, 0.717) is 22.7 Å². The molecule has 0 spiro atoms. The number of nitrogens with one attached hydrogen (secondary N) is 1. The number of nitrogens with zero attached hydrogens (tertiary/aromatic N) is 8. The molecular weight excluding hydrogens is 494 g/mol. The lowest BCUT2D eigenvalue weighted by atomic mass is 10.2. The Morgan fingerprint density at radius 2 is 1.82 bits per heavy atom. The van der Waals surface area contributed by atoms with Crippen molar-refractivity contribution in [3.63, 3.8) is 0 Å². The summed E-state index contributed by atoms with van der Waals surface area (Å²) in [6.45, 7) is 19.3. The number of benzene rings is 1. The highest BCUT2D eigenvalue weighted by Crippen LogP contribution is 2.23. The van der Waals surface area contributed by atoms with Crippen molar-refractivity contribution in [2.75, 3.05) is 43.4 Å². The monoisotopic (exact) mass is 525 g/mol. The number of rotatable bonds is 7. The van der Waals surface area contributed by atoms with Crippen LogP contribution in [0.2, 0.25) is 0 Å². The summed E-state index contributed by atoms with van der Waals surface area (Å²) in [5.74, 6) is 0.321. The third-order valence-electron chi connectivity index (χ3n) is 6.90. The molecule has 0 unspecified atom stereocenters. The minimum absolute atomic E-state index is 0.0338. The van der Waals surface area contributed by atoms with E-state index in [1.807, 2.05) is 26.0 Å². The number of hydrogen-bond donors (Lipinski definition) is 1. The first-order valence-corrected chi connectivity index (χ1v) is 12.8. The zero-order valence-corrected chi connectivity index (χ0v) is 22.3. The summed E-state index contributed by atoms with van der Waals surface area (Å²) >= 11 is 0. The van der Waals surface area contributed by atoms with Gasteiger partial charge in [-0.25, -0.2) is 19.2 Å². The average Bonchev–Trinajstić information content (AvgIpc) is 3.20. The van der Waals surface area contributed by atoms with Crippen molar-refractivity contribution in [2.24, 2.45) is 0 Å². The zero-order valence-electron chi connectivity index (χ0n) is 22.3. The highest BCUT2D eigenvalue weighted by molar-refractivity contribution is 5.77. The highest BCUT2D eigenvalue weighted by Gasteiger charge is 2.20. The van der Waals surface area contributed by atoms with E-state index in [9.17, 15) is 9.59 Å². The fourth-order valence-corrected chi connectivity index (χ4v) is 4.74. The maximum Gasteiger partial charge on any atom is 0.278 e. The van der Waals surface area contributed by atoms with Gasteiger partial charge in [0.25, 0.3) is 16.8 Å². The molecule has 0 radical (unpaired) electrons. The van der Waals surface area contributed by atoms with Crippen molar-refractivity contribution in [3.8, 4) is 5.69 Å². The number of piperazine rings is 1. The third kappa shape index (κ3) is 4.94. The second-order valence-electron chi connectivity index (χ2n) is 9.88. The molecule has 3 aromatic heterocycles. The normalized spacial score (nSPS) is 14.1. The molecule has 5 rings (SSSR count). The molecule has 0 amide bonds. The van der Waals surface area contributed by atoms with Crippen LogP contribution in [0.1, 0.15) is 19.9 Å². The summed E-state index contributed by atoms with van der Waals surface area (Å²) in [4.78, 5) is 43.2. The number of allylic oxidation sites excluding steroid dienone is 1. The topological polar surface area (TPSA) is 97.6 Å². The van der Waals surface area contributed by atoms with E-state index >= 15 is 0 Å². The largest absolute Gasteiger partial charge is 0.369 e. The molecule has 4 heterocycles. The summed E-state index contributed by atoms with van der Waals surface area (Å²) < 4.78 is 4.58. The number of anilines is 3. The van der Waals surface area contributed by atoms with Crippen molar-refractivity contribution in [3.05, 3.63) is 87.5 Å². The first-order valence-electron chi connectivity index (χ1n) is 12.8. The van der Waals surface area contributed by atoms with E-state index in [4.69, 9.17) is 6.57 Å². The van der Waals surface area contributed by atoms with Gasteiger partial charge < -0.3 is 19.7 Å². The Labute approximate surface area is 226 Å². The second-order valence-corrected chi connectivity index (χ2v) is 9.88. The summed E-state index contributed by atoms with van der Waals surface area (Å²) in [5, 5.41) is 3.56. The fraction of sp³-hybridized carbons (Fsp3) is 0.321. The lowest BCUT2D eigenvalue weighted by Gasteiger charge is -2.34. The van der Waals surface area contributed by atoms with Crippen LogP contribution in [0.5, 0.6) is 0 Å². The Morgan fingerprint density at radius 3 is 2.46 bits per heavy atom. The summed E-state index contributed by atoms with van der Waals surface area (Å²) in [6, 6.07) is 9.42. The predicted molar refractivity (Wildman–Crippen MR) is 154 cm³/mol. The van der Waals surface area contributed by atoms with Crippen LogP contribution in [0.25, 0.3) is 21.6 Å². The van der Waals surface area contributed by atoms with Gasteiger partial charge in [0.2, 0.25) is 5.95 Å². The smallest absolute Gasteiger partial charge is 0.278 e. The van der Waals surface area contributed by atoms with Crippen LogP contribution in [0.15, 0.2) is 65.0 Å². The van der Waals surface area contributed by atoms with Crippen molar-refractivity contribution in [1.82, 2.24) is 28.8 Å². The standard InChI is InChI=1S/C28H31N9O2/c1-6-11-36-26(38)23-17-30-28(31-20-7-9-21(10-8-20)34-14-12-33(5)13-15-34)32-25(23)37(36)22-16-24(29-4)27(39)35(18-22)19(2)3/h6-10,16-19H,1,11-15H2,2-3,5H3,(H,30,31,32). The molecule has 1 saturated heterocycles. The molecule has 1 aliphatic heterocycles. The molecule has 0 atom stereocenters. The predicted octanol–water partition coefficient (Wildman–Crippen LogP) is 3.56. The van der Waals surface area contributed by atoms with Crippen LogP contribution in [0.4, 0.5) is 23.0 Å². The maximum atomic E-state index is 13.3. The van der Waals surface area contributed by atoms with E-state index in [1.165, 1.54) is 21.5 Å². The Balaban J connectivity index is 1.55. The Hall–Kier alpha value is -4.69. The van der Waals surface area contributed by atoms with Gasteiger partial charge in [0.1, 0.15) is 5.39 Å². The lowest BCUT2D eigenvalue weighted by Crippen LogP contribution is -2.44. The molecule has 39 heavy (non-hydrogen) atoms. The molecule has 4 aromatic rings. The molecule has 0 bridgehead atoms. The van der Waals surface area contributed by atoms with Crippen molar-refractivity contribution < 1.29 is 0 Å². The van der Waals surface area contributed by atoms with Gasteiger partial charge in [-0.1, -0.05) is 6.08 Å². The second kappa shape index (κ2) is 10.6. The van der Waals surface area contributed by atoms with Crippen LogP contribution in [0.3, 0.4) is 0 Å². The SMILES string of the molecule is [C-]#[N+]c1cc(-n2c3nc(Nc4ccc(N5CCN(C)CC5)cc4)ncc3c(=O)n2CC=C)cn(C(C)C)c1=O. The minimum atomic E-state index is -0.380. The summed E-state index contributed by atoms with van der Waals surface area (Å²) in [7, 11) is 2.14. The quantitative estimate of drug-likeness (QED) is 0.291. The van der Waals surface area contributed by atoms with Crippen LogP contribution in [-0.2, 0) is 6.54 Å². The minimum Gasteiger partial charge on any atom is -0.369 e. The number of aromatic nitrogens is 5. The summed E-state index contributed by atoms with van der Waals surface area (Å²) in [5.41, 5.74) is 2.11. The fourth-order valence-electron chi connectivity index (χ4n) is 4.74. The van der Waals surface area contributed by atoms with E-state index in [2.05, 4.69) is 55.7 Å². The van der Waals surface area contributed by atoms with E-state index in [1.54, 1.807) is 17.0 Å². The van der Waals surface area contributed by atoms with Gasteiger partial charge in [-0.2, -0.15) is 4.98 Å². The van der Waals surface area contributed by atoms with Gasteiger partial charge in [0.15, 0.2) is 5.65 Å². The van der Waals surface area contributed by atoms with Crippen LogP contribution in [0, 0.1) is 6.57 Å². The van der Waals surface area contributed by atoms with Gasteiger partial charge in [0, 0.05) is 56.0 Å². The van der Waals surface area contributed by atoms with Crippen LogP contribution >= 0.6 is 0 Å². The molecule has 1 N–H and O–H groups in total. The first kappa shape index (κ1) is 25.9. The molecule has 200 valence electrons. The zero-order chi connectivity index (χ0) is 27.7. The number of likely N-dealkylation sites (N-methyl/N-ethyl adjacent to an activating group) is 1. The van der Waals surface area contributed by atoms with E-state index in [0.717, 1.165) is 37.6 Å². The molecule has 1 aliphatic rings. The third-order valence-corrected chi connectivity index (χ3v) is 6.90.